The topological polar surface area (TPSA) is 74.9 Å². The molecule has 6 heteroatoms. The first-order valence-corrected chi connectivity index (χ1v) is 13.2. The zero-order valence-electron chi connectivity index (χ0n) is 19.6. The first-order valence-electron chi connectivity index (χ1n) is 13.2. The van der Waals surface area contributed by atoms with Crippen molar-refractivity contribution in [2.24, 2.45) is 5.92 Å². The van der Waals surface area contributed by atoms with Gasteiger partial charge in [0.15, 0.2) is 23.4 Å². The van der Waals surface area contributed by atoms with Crippen LogP contribution >= 0.6 is 0 Å². The van der Waals surface area contributed by atoms with Gasteiger partial charge >= 0.3 is 0 Å². The molecule has 1 aromatic heterocycles. The third-order valence-electron chi connectivity index (χ3n) is 10.3. The molecule has 0 unspecified atom stereocenters. The Hall–Kier alpha value is -2.83. The number of nitrogens with zero attached hydrogens (tertiary/aromatic N) is 2. The summed E-state index contributed by atoms with van der Waals surface area (Å²) in [4.78, 5) is 15.4. The van der Waals surface area contributed by atoms with Gasteiger partial charge in [0.25, 0.3) is 0 Å². The fourth-order valence-electron chi connectivity index (χ4n) is 8.71. The minimum Gasteiger partial charge on any atom is -0.504 e. The number of aliphatic hydroxyl groups is 1. The molecule has 6 aliphatic rings. The molecule has 1 saturated carbocycles. The summed E-state index contributed by atoms with van der Waals surface area (Å²) in [6.45, 7) is 2.64. The summed E-state index contributed by atoms with van der Waals surface area (Å²) in [6.07, 6.45) is 4.86. The molecule has 4 atom stereocenters. The number of benzene rings is 2. The molecular weight excluding hydrogens is 440 g/mol. The van der Waals surface area contributed by atoms with Crippen molar-refractivity contribution in [2.75, 3.05) is 13.1 Å². The lowest BCUT2D eigenvalue weighted by Crippen LogP contribution is -2.74. The van der Waals surface area contributed by atoms with Crippen molar-refractivity contribution in [1.29, 1.82) is 0 Å². The van der Waals surface area contributed by atoms with E-state index >= 15 is 0 Å². The molecule has 2 fully saturated rings. The molecule has 2 aromatic carbocycles. The summed E-state index contributed by atoms with van der Waals surface area (Å²) < 4.78 is 9.07. The van der Waals surface area contributed by atoms with E-state index in [0.717, 1.165) is 65.1 Å². The molecule has 4 heterocycles. The van der Waals surface area contributed by atoms with Crippen molar-refractivity contribution in [3.63, 3.8) is 0 Å². The van der Waals surface area contributed by atoms with E-state index in [-0.39, 0.29) is 23.7 Å². The van der Waals surface area contributed by atoms with Crippen LogP contribution in [0.25, 0.3) is 10.9 Å². The quantitative estimate of drug-likeness (QED) is 0.601. The maximum absolute atomic E-state index is 13.0. The van der Waals surface area contributed by atoms with Crippen LogP contribution in [-0.2, 0) is 24.8 Å². The van der Waals surface area contributed by atoms with E-state index < -0.39 is 11.0 Å². The van der Waals surface area contributed by atoms with Crippen molar-refractivity contribution in [2.45, 2.75) is 68.2 Å². The lowest BCUT2D eigenvalue weighted by atomic mass is 9.49. The molecule has 1 saturated heterocycles. The SMILES string of the molecule is O=C1CCn2c3c(c4cccc1c42)C[C@@]1(O)[C@@H]2Cc4ccc(O)c5c4[C@@]1(CCN2CC1CC1)[C@H]3O5. The highest BCUT2D eigenvalue weighted by Crippen LogP contribution is 2.69. The third-order valence-corrected chi connectivity index (χ3v) is 10.3. The lowest BCUT2D eigenvalue weighted by Gasteiger charge is -2.63. The fourth-order valence-corrected chi connectivity index (χ4v) is 8.71. The molecule has 6 nitrogen and oxygen atoms in total. The van der Waals surface area contributed by atoms with Gasteiger partial charge in [0.1, 0.15) is 0 Å². The first kappa shape index (κ1) is 19.4. The molecule has 0 radical (unpaired) electrons. The largest absolute Gasteiger partial charge is 0.504 e. The molecule has 0 amide bonds. The molecule has 3 aliphatic heterocycles. The number of para-hydroxylation sites is 1. The van der Waals surface area contributed by atoms with E-state index in [9.17, 15) is 15.0 Å². The van der Waals surface area contributed by atoms with Gasteiger partial charge in [-0.15, -0.1) is 0 Å². The molecule has 3 aliphatic carbocycles. The second-order valence-corrected chi connectivity index (χ2v) is 11.8. The fraction of sp³-hybridized carbons (Fsp3) is 0.483. The van der Waals surface area contributed by atoms with Crippen molar-refractivity contribution >= 4 is 16.7 Å². The molecule has 1 spiro atoms. The Morgan fingerprint density at radius 3 is 2.89 bits per heavy atom. The number of ketones is 1. The van der Waals surface area contributed by atoms with E-state index in [0.29, 0.717) is 25.1 Å². The minimum absolute atomic E-state index is 0.0208. The summed E-state index contributed by atoms with van der Waals surface area (Å²) >= 11 is 0. The van der Waals surface area contributed by atoms with E-state index in [1.807, 2.05) is 12.1 Å². The van der Waals surface area contributed by atoms with Gasteiger partial charge in [-0.1, -0.05) is 18.2 Å². The van der Waals surface area contributed by atoms with Gasteiger partial charge in [-0.2, -0.15) is 0 Å². The average Bonchev–Trinajstić information content (AvgIpc) is 3.52. The van der Waals surface area contributed by atoms with Crippen molar-refractivity contribution in [3.8, 4) is 11.5 Å². The van der Waals surface area contributed by atoms with Crippen LogP contribution in [0, 0.1) is 5.92 Å². The number of rotatable bonds is 2. The van der Waals surface area contributed by atoms with Crippen LogP contribution in [0.1, 0.15) is 64.5 Å². The molecule has 2 N–H and O–H groups in total. The van der Waals surface area contributed by atoms with Gasteiger partial charge < -0.3 is 19.5 Å². The predicted molar refractivity (Wildman–Crippen MR) is 129 cm³/mol. The van der Waals surface area contributed by atoms with Crippen LogP contribution in [0.5, 0.6) is 11.5 Å². The van der Waals surface area contributed by atoms with Crippen molar-refractivity contribution in [3.05, 3.63) is 58.3 Å². The normalized spacial score (nSPS) is 34.0. The van der Waals surface area contributed by atoms with Gasteiger partial charge in [0.05, 0.1) is 22.2 Å². The standard InChI is InChI=1S/C29H28N2O4/c32-20-8-10-31-24-17(2-1-3-18(20)24)19-13-29(34)22-12-16-6-7-21(33)26-23(16)28(29,27(35-26)25(19)31)9-11-30(22)14-15-4-5-15/h1-3,6-7,15,22,27,33-34H,4-5,8-14H2/t22-,27-,28-,29+/m0/s1. The number of hydrogen-bond acceptors (Lipinski definition) is 5. The smallest absolute Gasteiger partial charge is 0.166 e. The molecule has 35 heavy (non-hydrogen) atoms. The highest BCUT2D eigenvalue weighted by Gasteiger charge is 2.73. The number of fused-ring (bicyclic) bond motifs is 4. The maximum Gasteiger partial charge on any atom is 0.166 e. The number of hydrogen-bond donors (Lipinski definition) is 2. The number of ether oxygens (including phenoxy) is 1. The number of Topliss-reactive ketones (excluding diaryl/α,β-unsaturated/α-hetero) is 1. The van der Waals surface area contributed by atoms with Crippen LogP contribution < -0.4 is 4.74 Å². The van der Waals surface area contributed by atoms with Crippen molar-refractivity contribution < 1.29 is 19.7 Å². The molecule has 3 aromatic rings. The summed E-state index contributed by atoms with van der Waals surface area (Å²) in [6, 6.07) is 9.88. The van der Waals surface area contributed by atoms with E-state index in [1.54, 1.807) is 6.07 Å². The number of carbonyl (C=O) groups excluding carboxylic acids is 1. The lowest BCUT2D eigenvalue weighted by molar-refractivity contribution is -0.173. The number of aryl methyl sites for hydroxylation is 1. The van der Waals surface area contributed by atoms with Crippen LogP contribution in [0.2, 0.25) is 0 Å². The molecule has 2 bridgehead atoms. The summed E-state index contributed by atoms with van der Waals surface area (Å²) in [5.74, 6) is 1.68. The second kappa shape index (κ2) is 5.93. The number of piperidine rings is 1. The summed E-state index contributed by atoms with van der Waals surface area (Å²) in [5.41, 5.74) is 4.72. The zero-order chi connectivity index (χ0) is 23.3. The molecule has 9 rings (SSSR count). The maximum atomic E-state index is 13.0. The van der Waals surface area contributed by atoms with Gasteiger partial charge in [0, 0.05) is 48.5 Å². The Kier molecular flexibility index (Phi) is 3.28. The molecular formula is C29H28N2O4. The Bertz CT molecular complexity index is 1500. The van der Waals surface area contributed by atoms with Crippen LogP contribution in [0.15, 0.2) is 30.3 Å². The highest BCUT2D eigenvalue weighted by atomic mass is 16.5. The average molecular weight is 469 g/mol. The van der Waals surface area contributed by atoms with Gasteiger partial charge in [-0.3, -0.25) is 9.69 Å². The van der Waals surface area contributed by atoms with Gasteiger partial charge in [0.2, 0.25) is 0 Å². The number of phenols is 1. The Labute approximate surface area is 203 Å². The Morgan fingerprint density at radius 1 is 1.14 bits per heavy atom. The van der Waals surface area contributed by atoms with Gasteiger partial charge in [-0.25, -0.2) is 0 Å². The number of likely N-dealkylation sites (tertiary alicyclic amines) is 1. The Balaban J connectivity index is 1.36. The van der Waals surface area contributed by atoms with E-state index in [4.69, 9.17) is 4.74 Å². The summed E-state index contributed by atoms with van der Waals surface area (Å²) in [7, 11) is 0. The van der Waals surface area contributed by atoms with Crippen LogP contribution in [0.4, 0.5) is 0 Å². The minimum atomic E-state index is -0.989. The Morgan fingerprint density at radius 2 is 2.03 bits per heavy atom. The predicted octanol–water partition coefficient (Wildman–Crippen LogP) is 3.63. The van der Waals surface area contributed by atoms with E-state index in [2.05, 4.69) is 21.6 Å². The number of aromatic hydroxyl groups is 1. The monoisotopic (exact) mass is 468 g/mol. The second-order valence-electron chi connectivity index (χ2n) is 11.8. The highest BCUT2D eigenvalue weighted by molar-refractivity contribution is 6.09. The van der Waals surface area contributed by atoms with Crippen LogP contribution in [-0.4, -0.2) is 50.2 Å². The zero-order valence-corrected chi connectivity index (χ0v) is 19.6. The van der Waals surface area contributed by atoms with E-state index in [1.165, 1.54) is 18.4 Å². The van der Waals surface area contributed by atoms with Crippen molar-refractivity contribution in [1.82, 2.24) is 9.47 Å². The van der Waals surface area contributed by atoms with Crippen LogP contribution in [0.3, 0.4) is 0 Å². The number of carbonyl (C=O) groups is 1. The third kappa shape index (κ3) is 2.03. The number of phenolic OH excluding ortho intramolecular Hbond substituents is 1. The number of aromatic nitrogens is 1. The molecule has 178 valence electrons. The first-order chi connectivity index (χ1) is 17.0. The van der Waals surface area contributed by atoms with Gasteiger partial charge in [-0.05, 0) is 61.4 Å². The summed E-state index contributed by atoms with van der Waals surface area (Å²) in [5, 5.41) is 24.9.